The fourth-order valence-corrected chi connectivity index (χ4v) is 2.41. The quantitative estimate of drug-likeness (QED) is 0.823. The highest BCUT2D eigenvalue weighted by molar-refractivity contribution is 5.77. The van der Waals surface area contributed by atoms with Crippen molar-refractivity contribution in [2.75, 3.05) is 6.54 Å². The van der Waals surface area contributed by atoms with E-state index in [1.165, 1.54) is 0 Å². The Balaban J connectivity index is 2.43. The van der Waals surface area contributed by atoms with Gasteiger partial charge in [-0.2, -0.15) is 0 Å². The van der Waals surface area contributed by atoms with Gasteiger partial charge in [0.2, 0.25) is 0 Å². The maximum atomic E-state index is 12.5. The molecule has 0 aliphatic rings. The van der Waals surface area contributed by atoms with E-state index < -0.39 is 0 Å². The lowest BCUT2D eigenvalue weighted by molar-refractivity contribution is 0.497. The second kappa shape index (κ2) is 6.66. The zero-order valence-electron chi connectivity index (χ0n) is 12.5. The van der Waals surface area contributed by atoms with Crippen molar-refractivity contribution in [2.24, 2.45) is 0 Å². The van der Waals surface area contributed by atoms with Crippen molar-refractivity contribution in [3.63, 3.8) is 0 Å². The number of hydrogen-bond donors (Lipinski definition) is 1. The number of benzene rings is 1. The van der Waals surface area contributed by atoms with Crippen LogP contribution in [0.4, 0.5) is 0 Å². The molecule has 108 valence electrons. The van der Waals surface area contributed by atoms with Crippen LogP contribution in [0.1, 0.15) is 45.5 Å². The molecule has 1 aromatic heterocycles. The summed E-state index contributed by atoms with van der Waals surface area (Å²) in [6.45, 7) is 7.82. The summed E-state index contributed by atoms with van der Waals surface area (Å²) in [4.78, 5) is 17.2. The lowest BCUT2D eigenvalue weighted by Gasteiger charge is -2.18. The molecule has 0 amide bonds. The van der Waals surface area contributed by atoms with Crippen LogP contribution in [0.3, 0.4) is 0 Å². The maximum Gasteiger partial charge on any atom is 0.261 e. The molecule has 0 fully saturated rings. The van der Waals surface area contributed by atoms with Crippen molar-refractivity contribution >= 4 is 10.9 Å². The van der Waals surface area contributed by atoms with E-state index in [2.05, 4.69) is 24.1 Å². The van der Waals surface area contributed by atoms with Crippen LogP contribution in [0.2, 0.25) is 0 Å². The van der Waals surface area contributed by atoms with Gasteiger partial charge in [0, 0.05) is 6.54 Å². The molecule has 1 heterocycles. The molecule has 0 spiro atoms. The van der Waals surface area contributed by atoms with Crippen LogP contribution < -0.4 is 10.9 Å². The molecule has 4 nitrogen and oxygen atoms in total. The second-order valence-electron chi connectivity index (χ2n) is 5.07. The highest BCUT2D eigenvalue weighted by Crippen LogP contribution is 2.13. The first kappa shape index (κ1) is 14.7. The number of nitrogens with zero attached hydrogens (tertiary/aromatic N) is 2. The number of hydrogen-bond acceptors (Lipinski definition) is 3. The Labute approximate surface area is 119 Å². The van der Waals surface area contributed by atoms with Gasteiger partial charge in [0.1, 0.15) is 5.82 Å². The third-order valence-corrected chi connectivity index (χ3v) is 3.58. The summed E-state index contributed by atoms with van der Waals surface area (Å²) < 4.78 is 1.77. The molecule has 20 heavy (non-hydrogen) atoms. The van der Waals surface area contributed by atoms with Crippen LogP contribution in [0, 0.1) is 0 Å². The third kappa shape index (κ3) is 2.90. The first-order valence-electron chi connectivity index (χ1n) is 7.41. The number of unbranched alkanes of at least 4 members (excludes halogenated alkanes) is 1. The van der Waals surface area contributed by atoms with Crippen molar-refractivity contribution in [3.05, 3.63) is 40.4 Å². The van der Waals surface area contributed by atoms with Crippen LogP contribution in [-0.4, -0.2) is 16.1 Å². The molecule has 2 rings (SSSR count). The van der Waals surface area contributed by atoms with E-state index in [1.807, 2.05) is 31.2 Å². The minimum atomic E-state index is 0.0530. The average molecular weight is 273 g/mol. The minimum Gasteiger partial charge on any atom is -0.308 e. The highest BCUT2D eigenvalue weighted by Gasteiger charge is 2.14. The summed E-state index contributed by atoms with van der Waals surface area (Å²) in [6, 6.07) is 7.63. The molecule has 1 atom stereocenters. The van der Waals surface area contributed by atoms with Gasteiger partial charge >= 0.3 is 0 Å². The average Bonchev–Trinajstić information content (AvgIpc) is 2.47. The molecule has 4 heteroatoms. The monoisotopic (exact) mass is 273 g/mol. The SMILES string of the molecule is CCCCN[C@H](C)c1nc2ccccc2c(=O)n1CC. The second-order valence-corrected chi connectivity index (χ2v) is 5.07. The van der Waals surface area contributed by atoms with Crippen LogP contribution in [0.5, 0.6) is 0 Å². The zero-order valence-corrected chi connectivity index (χ0v) is 12.5. The number of nitrogens with one attached hydrogen (secondary N) is 1. The minimum absolute atomic E-state index is 0.0530. The van der Waals surface area contributed by atoms with Crippen molar-refractivity contribution in [2.45, 2.75) is 46.2 Å². The summed E-state index contributed by atoms with van der Waals surface area (Å²) in [6.07, 6.45) is 2.29. The maximum absolute atomic E-state index is 12.5. The lowest BCUT2D eigenvalue weighted by Crippen LogP contribution is -2.31. The number of rotatable bonds is 6. The molecule has 0 radical (unpaired) electrons. The Morgan fingerprint density at radius 3 is 2.75 bits per heavy atom. The molecular weight excluding hydrogens is 250 g/mol. The van der Waals surface area contributed by atoms with Crippen LogP contribution >= 0.6 is 0 Å². The van der Waals surface area contributed by atoms with Crippen molar-refractivity contribution in [1.82, 2.24) is 14.9 Å². The van der Waals surface area contributed by atoms with E-state index in [9.17, 15) is 4.79 Å². The Bertz CT molecular complexity index is 633. The van der Waals surface area contributed by atoms with Gasteiger partial charge in [-0.05, 0) is 38.9 Å². The number of para-hydroxylation sites is 1. The number of fused-ring (bicyclic) bond motifs is 1. The van der Waals surface area contributed by atoms with Gasteiger partial charge in [-0.25, -0.2) is 4.98 Å². The van der Waals surface area contributed by atoms with Crippen molar-refractivity contribution in [3.8, 4) is 0 Å². The van der Waals surface area contributed by atoms with Crippen LogP contribution in [0.25, 0.3) is 10.9 Å². The molecule has 0 aliphatic carbocycles. The van der Waals surface area contributed by atoms with E-state index in [0.29, 0.717) is 11.9 Å². The van der Waals surface area contributed by atoms with Gasteiger partial charge in [0.05, 0.1) is 16.9 Å². The third-order valence-electron chi connectivity index (χ3n) is 3.58. The van der Waals surface area contributed by atoms with Gasteiger partial charge in [-0.1, -0.05) is 25.5 Å². The van der Waals surface area contributed by atoms with Gasteiger partial charge in [0.25, 0.3) is 5.56 Å². The summed E-state index contributed by atoms with van der Waals surface area (Å²) in [5.41, 5.74) is 0.832. The lowest BCUT2D eigenvalue weighted by atomic mass is 10.2. The molecule has 0 unspecified atom stereocenters. The number of aromatic nitrogens is 2. The summed E-state index contributed by atoms with van der Waals surface area (Å²) in [5, 5.41) is 4.14. The first-order valence-corrected chi connectivity index (χ1v) is 7.41. The van der Waals surface area contributed by atoms with Gasteiger partial charge in [-0.15, -0.1) is 0 Å². The summed E-state index contributed by atoms with van der Waals surface area (Å²) >= 11 is 0. The van der Waals surface area contributed by atoms with E-state index in [0.717, 1.165) is 30.7 Å². The van der Waals surface area contributed by atoms with E-state index >= 15 is 0 Å². The fourth-order valence-electron chi connectivity index (χ4n) is 2.41. The molecule has 0 bridgehead atoms. The predicted octanol–water partition coefficient (Wildman–Crippen LogP) is 2.87. The standard InChI is InChI=1S/C16H23N3O/c1-4-6-11-17-12(3)15-18-14-10-8-7-9-13(14)16(20)19(15)5-2/h7-10,12,17H,4-6,11H2,1-3H3/t12-/m1/s1. The van der Waals surface area contributed by atoms with Crippen LogP contribution in [-0.2, 0) is 6.54 Å². The molecule has 0 saturated heterocycles. The largest absolute Gasteiger partial charge is 0.308 e. The molecule has 0 saturated carbocycles. The molecule has 1 aromatic carbocycles. The molecular formula is C16H23N3O. The normalized spacial score (nSPS) is 12.8. The molecule has 1 N–H and O–H groups in total. The van der Waals surface area contributed by atoms with Crippen molar-refractivity contribution in [1.29, 1.82) is 0 Å². The Hall–Kier alpha value is -1.68. The molecule has 2 aromatic rings. The van der Waals surface area contributed by atoms with Crippen LogP contribution in [0.15, 0.2) is 29.1 Å². The van der Waals surface area contributed by atoms with Crippen molar-refractivity contribution < 1.29 is 0 Å². The summed E-state index contributed by atoms with van der Waals surface area (Å²) in [7, 11) is 0. The van der Waals surface area contributed by atoms with Gasteiger partial charge in [-0.3, -0.25) is 9.36 Å². The highest BCUT2D eigenvalue weighted by atomic mass is 16.1. The fraction of sp³-hybridized carbons (Fsp3) is 0.500. The predicted molar refractivity (Wildman–Crippen MR) is 83.0 cm³/mol. The first-order chi connectivity index (χ1) is 9.69. The van der Waals surface area contributed by atoms with E-state index in [-0.39, 0.29) is 11.6 Å². The Morgan fingerprint density at radius 2 is 2.05 bits per heavy atom. The zero-order chi connectivity index (χ0) is 14.5. The van der Waals surface area contributed by atoms with Gasteiger partial charge in [0.15, 0.2) is 0 Å². The summed E-state index contributed by atoms with van der Waals surface area (Å²) in [5.74, 6) is 0.826. The van der Waals surface area contributed by atoms with E-state index in [1.54, 1.807) is 4.57 Å². The van der Waals surface area contributed by atoms with Gasteiger partial charge < -0.3 is 5.32 Å². The molecule has 0 aliphatic heterocycles. The Morgan fingerprint density at radius 1 is 1.30 bits per heavy atom. The topological polar surface area (TPSA) is 46.9 Å². The smallest absolute Gasteiger partial charge is 0.261 e. The Kier molecular flexibility index (Phi) is 4.90. The van der Waals surface area contributed by atoms with E-state index in [4.69, 9.17) is 0 Å².